The number of nitrogens with one attached hydrogen (secondary N) is 1. The molecule has 1 amide bonds. The number of rotatable bonds is 7. The van der Waals surface area contributed by atoms with Gasteiger partial charge in [0.25, 0.3) is 5.91 Å². The molecule has 2 aromatic carbocycles. The smallest absolute Gasteiger partial charge is 0.340 e. The van der Waals surface area contributed by atoms with Crippen LogP contribution in [0.3, 0.4) is 0 Å². The standard InChI is InChI=1S/C22H21ClN2O4/c1-3-28-22(27)19-13-20(16-7-5-4-6-8-16)25(15(19)2)24-21(26)14-29-18-11-9-17(23)10-12-18/h4-13H,3,14H2,1-2H3,(H,24,26). The predicted molar refractivity (Wildman–Crippen MR) is 112 cm³/mol. The van der Waals surface area contributed by atoms with Gasteiger partial charge in [-0.05, 0) is 44.2 Å². The van der Waals surface area contributed by atoms with Gasteiger partial charge in [0, 0.05) is 10.6 Å². The molecule has 1 N–H and O–H groups in total. The lowest BCUT2D eigenvalue weighted by Crippen LogP contribution is -2.29. The molecule has 29 heavy (non-hydrogen) atoms. The number of aromatic nitrogens is 1. The highest BCUT2D eigenvalue weighted by Crippen LogP contribution is 2.25. The maximum absolute atomic E-state index is 12.5. The van der Waals surface area contributed by atoms with Gasteiger partial charge in [0.05, 0.1) is 23.6 Å². The lowest BCUT2D eigenvalue weighted by molar-refractivity contribution is -0.119. The molecular weight excluding hydrogens is 392 g/mol. The van der Waals surface area contributed by atoms with Crippen molar-refractivity contribution in [1.82, 2.24) is 4.68 Å². The first-order valence-electron chi connectivity index (χ1n) is 9.12. The zero-order valence-electron chi connectivity index (χ0n) is 16.1. The molecule has 0 bridgehead atoms. The number of benzene rings is 2. The van der Waals surface area contributed by atoms with E-state index >= 15 is 0 Å². The van der Waals surface area contributed by atoms with Gasteiger partial charge in [0.1, 0.15) is 5.75 Å². The molecule has 3 rings (SSSR count). The highest BCUT2D eigenvalue weighted by atomic mass is 35.5. The second-order valence-electron chi connectivity index (χ2n) is 6.23. The Bertz CT molecular complexity index is 998. The molecule has 0 saturated carbocycles. The number of nitrogens with zero attached hydrogens (tertiary/aromatic N) is 1. The van der Waals surface area contributed by atoms with Crippen LogP contribution in [-0.2, 0) is 9.53 Å². The average molecular weight is 413 g/mol. The molecule has 1 aromatic heterocycles. The van der Waals surface area contributed by atoms with E-state index in [1.54, 1.807) is 48.9 Å². The van der Waals surface area contributed by atoms with Crippen molar-refractivity contribution in [1.29, 1.82) is 0 Å². The van der Waals surface area contributed by atoms with Gasteiger partial charge in [-0.15, -0.1) is 0 Å². The van der Waals surface area contributed by atoms with E-state index in [1.807, 2.05) is 30.3 Å². The van der Waals surface area contributed by atoms with Crippen molar-refractivity contribution < 1.29 is 19.1 Å². The van der Waals surface area contributed by atoms with Gasteiger partial charge < -0.3 is 9.47 Å². The molecule has 150 valence electrons. The van der Waals surface area contributed by atoms with Crippen molar-refractivity contribution in [2.24, 2.45) is 0 Å². The molecule has 0 aliphatic carbocycles. The van der Waals surface area contributed by atoms with Crippen LogP contribution in [0.4, 0.5) is 0 Å². The lowest BCUT2D eigenvalue weighted by atomic mass is 10.1. The Balaban J connectivity index is 1.83. The molecule has 0 unspecified atom stereocenters. The summed E-state index contributed by atoms with van der Waals surface area (Å²) in [7, 11) is 0. The fraction of sp³-hybridized carbons (Fsp3) is 0.182. The molecule has 0 aliphatic rings. The minimum Gasteiger partial charge on any atom is -0.484 e. The highest BCUT2D eigenvalue weighted by molar-refractivity contribution is 6.30. The minimum atomic E-state index is -0.437. The van der Waals surface area contributed by atoms with Crippen molar-refractivity contribution in [3.8, 4) is 17.0 Å². The summed E-state index contributed by atoms with van der Waals surface area (Å²) in [6, 6.07) is 17.9. The topological polar surface area (TPSA) is 69.6 Å². The summed E-state index contributed by atoms with van der Waals surface area (Å²) in [5.74, 6) is -0.275. The molecule has 0 spiro atoms. The Kier molecular flexibility index (Phi) is 6.57. The van der Waals surface area contributed by atoms with E-state index in [0.29, 0.717) is 27.7 Å². The maximum Gasteiger partial charge on any atom is 0.340 e. The van der Waals surface area contributed by atoms with Crippen molar-refractivity contribution in [3.63, 3.8) is 0 Å². The van der Waals surface area contributed by atoms with Crippen molar-refractivity contribution in [2.75, 3.05) is 18.6 Å². The van der Waals surface area contributed by atoms with Crippen LogP contribution in [0.15, 0.2) is 60.7 Å². The average Bonchev–Trinajstić information content (AvgIpc) is 3.05. The van der Waals surface area contributed by atoms with Gasteiger partial charge in [0.15, 0.2) is 6.61 Å². The fourth-order valence-electron chi connectivity index (χ4n) is 2.82. The molecule has 0 saturated heterocycles. The van der Waals surface area contributed by atoms with Gasteiger partial charge in [-0.25, -0.2) is 4.79 Å². The lowest BCUT2D eigenvalue weighted by Gasteiger charge is -2.14. The van der Waals surface area contributed by atoms with Crippen LogP contribution in [-0.4, -0.2) is 29.8 Å². The van der Waals surface area contributed by atoms with Crippen LogP contribution in [0.25, 0.3) is 11.3 Å². The van der Waals surface area contributed by atoms with Crippen LogP contribution in [0.2, 0.25) is 5.02 Å². The molecule has 6 nitrogen and oxygen atoms in total. The Labute approximate surface area is 174 Å². The van der Waals surface area contributed by atoms with E-state index in [9.17, 15) is 9.59 Å². The van der Waals surface area contributed by atoms with Crippen LogP contribution in [0, 0.1) is 6.92 Å². The second kappa shape index (κ2) is 9.30. The van der Waals surface area contributed by atoms with E-state index in [-0.39, 0.29) is 19.1 Å². The molecule has 1 heterocycles. The number of esters is 1. The molecule has 0 radical (unpaired) electrons. The molecule has 7 heteroatoms. The quantitative estimate of drug-likeness (QED) is 0.582. The monoisotopic (exact) mass is 412 g/mol. The third kappa shape index (κ3) is 4.97. The fourth-order valence-corrected chi connectivity index (χ4v) is 2.95. The molecular formula is C22H21ClN2O4. The number of amides is 1. The zero-order chi connectivity index (χ0) is 20.8. The Hall–Kier alpha value is -3.25. The number of hydrogen-bond acceptors (Lipinski definition) is 4. The largest absolute Gasteiger partial charge is 0.484 e. The number of carbonyl (C=O) groups excluding carboxylic acids is 2. The number of halogens is 1. The second-order valence-corrected chi connectivity index (χ2v) is 6.66. The van der Waals surface area contributed by atoms with E-state index in [4.69, 9.17) is 21.1 Å². The number of hydrogen-bond donors (Lipinski definition) is 1. The Morgan fingerprint density at radius 3 is 2.41 bits per heavy atom. The van der Waals surface area contributed by atoms with Gasteiger partial charge in [-0.3, -0.25) is 14.9 Å². The molecule has 3 aromatic rings. The van der Waals surface area contributed by atoms with Crippen LogP contribution >= 0.6 is 11.6 Å². The maximum atomic E-state index is 12.5. The van der Waals surface area contributed by atoms with Crippen molar-refractivity contribution >= 4 is 23.5 Å². The SMILES string of the molecule is CCOC(=O)c1cc(-c2ccccc2)n(NC(=O)COc2ccc(Cl)cc2)c1C. The summed E-state index contributed by atoms with van der Waals surface area (Å²) in [6.45, 7) is 3.57. The number of carbonyl (C=O) groups is 2. The van der Waals surface area contributed by atoms with Gasteiger partial charge in [0.2, 0.25) is 0 Å². The Morgan fingerprint density at radius 2 is 1.76 bits per heavy atom. The minimum absolute atomic E-state index is 0.192. The van der Waals surface area contributed by atoms with Crippen molar-refractivity contribution in [3.05, 3.63) is 76.9 Å². The van der Waals surface area contributed by atoms with Gasteiger partial charge in [-0.1, -0.05) is 41.9 Å². The highest BCUT2D eigenvalue weighted by Gasteiger charge is 2.20. The van der Waals surface area contributed by atoms with E-state index in [2.05, 4.69) is 5.43 Å². The summed E-state index contributed by atoms with van der Waals surface area (Å²) < 4.78 is 12.2. The van der Waals surface area contributed by atoms with Crippen LogP contribution in [0.5, 0.6) is 5.75 Å². The zero-order valence-corrected chi connectivity index (χ0v) is 16.9. The summed E-state index contributed by atoms with van der Waals surface area (Å²) >= 11 is 5.85. The van der Waals surface area contributed by atoms with E-state index < -0.39 is 5.97 Å². The molecule has 0 fully saturated rings. The third-order valence-corrected chi connectivity index (χ3v) is 4.48. The van der Waals surface area contributed by atoms with E-state index in [1.165, 1.54) is 0 Å². The summed E-state index contributed by atoms with van der Waals surface area (Å²) in [5.41, 5.74) is 5.28. The van der Waals surface area contributed by atoms with E-state index in [0.717, 1.165) is 5.56 Å². The first-order valence-corrected chi connectivity index (χ1v) is 9.50. The first-order chi connectivity index (χ1) is 14.0. The normalized spacial score (nSPS) is 10.4. The first kappa shape index (κ1) is 20.5. The van der Waals surface area contributed by atoms with Gasteiger partial charge in [-0.2, -0.15) is 0 Å². The third-order valence-electron chi connectivity index (χ3n) is 4.23. The summed E-state index contributed by atoms with van der Waals surface area (Å²) in [6.07, 6.45) is 0. The van der Waals surface area contributed by atoms with Crippen LogP contribution < -0.4 is 10.2 Å². The molecule has 0 atom stereocenters. The molecule has 0 aliphatic heterocycles. The summed E-state index contributed by atoms with van der Waals surface area (Å²) in [4.78, 5) is 24.8. The van der Waals surface area contributed by atoms with Gasteiger partial charge >= 0.3 is 5.97 Å². The van der Waals surface area contributed by atoms with Crippen LogP contribution in [0.1, 0.15) is 23.0 Å². The Morgan fingerprint density at radius 1 is 1.07 bits per heavy atom. The number of ether oxygens (including phenoxy) is 2. The summed E-state index contributed by atoms with van der Waals surface area (Å²) in [5, 5.41) is 0.587. The predicted octanol–water partition coefficient (Wildman–Crippen LogP) is 4.44. The van der Waals surface area contributed by atoms with Crippen molar-refractivity contribution in [2.45, 2.75) is 13.8 Å².